The Morgan fingerprint density at radius 1 is 1.12 bits per heavy atom. The lowest BCUT2D eigenvalue weighted by molar-refractivity contribution is 0.276. The summed E-state index contributed by atoms with van der Waals surface area (Å²) in [6.07, 6.45) is 0.996. The highest BCUT2D eigenvalue weighted by Crippen LogP contribution is 2.25. The van der Waals surface area contributed by atoms with Crippen molar-refractivity contribution in [1.29, 1.82) is 0 Å². The number of hydrogen-bond acceptors (Lipinski definition) is 4. The van der Waals surface area contributed by atoms with Gasteiger partial charge in [-0.3, -0.25) is 0 Å². The first-order valence-corrected chi connectivity index (χ1v) is 6.14. The van der Waals surface area contributed by atoms with E-state index in [0.29, 0.717) is 13.2 Å². The van der Waals surface area contributed by atoms with E-state index in [0.717, 1.165) is 37.6 Å². The van der Waals surface area contributed by atoms with E-state index in [1.165, 1.54) is 0 Å². The Morgan fingerprint density at radius 3 is 2.47 bits per heavy atom. The lowest BCUT2D eigenvalue weighted by Gasteiger charge is -2.11. The molecule has 1 aromatic rings. The maximum absolute atomic E-state index is 5.65. The first kappa shape index (κ1) is 13.8. The maximum atomic E-state index is 5.65. The highest BCUT2D eigenvalue weighted by Gasteiger charge is 2.02. The molecule has 0 amide bonds. The van der Waals surface area contributed by atoms with Gasteiger partial charge in [0, 0.05) is 6.54 Å². The van der Waals surface area contributed by atoms with Crippen molar-refractivity contribution in [3.8, 4) is 11.5 Å². The van der Waals surface area contributed by atoms with Crippen LogP contribution in [0, 0.1) is 0 Å². The standard InChI is InChI=1S/C13H22N2O2/c1-2-16-12-6-3-4-7-13(12)17-11-10-15-9-5-8-14/h3-4,6-7,15H,2,5,8-11,14H2,1H3. The van der Waals surface area contributed by atoms with Gasteiger partial charge >= 0.3 is 0 Å². The summed E-state index contributed by atoms with van der Waals surface area (Å²) in [5, 5.41) is 3.26. The van der Waals surface area contributed by atoms with Crippen LogP contribution in [0.1, 0.15) is 13.3 Å². The van der Waals surface area contributed by atoms with Crippen molar-refractivity contribution < 1.29 is 9.47 Å². The molecule has 0 bridgehead atoms. The van der Waals surface area contributed by atoms with Gasteiger partial charge in [0.15, 0.2) is 11.5 Å². The average molecular weight is 238 g/mol. The Kier molecular flexibility index (Phi) is 7.18. The van der Waals surface area contributed by atoms with Crippen LogP contribution in [0.4, 0.5) is 0 Å². The second-order valence-corrected chi connectivity index (χ2v) is 3.62. The first-order chi connectivity index (χ1) is 8.38. The second-order valence-electron chi connectivity index (χ2n) is 3.62. The Hall–Kier alpha value is -1.26. The fraction of sp³-hybridized carbons (Fsp3) is 0.538. The van der Waals surface area contributed by atoms with Crippen molar-refractivity contribution in [3.05, 3.63) is 24.3 Å². The van der Waals surface area contributed by atoms with Crippen LogP contribution >= 0.6 is 0 Å². The molecular formula is C13H22N2O2. The number of benzene rings is 1. The molecule has 0 saturated carbocycles. The maximum Gasteiger partial charge on any atom is 0.161 e. The molecule has 4 heteroatoms. The summed E-state index contributed by atoms with van der Waals surface area (Å²) in [6.45, 7) is 5.73. The zero-order valence-corrected chi connectivity index (χ0v) is 10.4. The monoisotopic (exact) mass is 238 g/mol. The predicted molar refractivity (Wildman–Crippen MR) is 69.6 cm³/mol. The SMILES string of the molecule is CCOc1ccccc1OCCNCCCN. The van der Waals surface area contributed by atoms with Gasteiger partial charge in [-0.15, -0.1) is 0 Å². The van der Waals surface area contributed by atoms with Crippen LogP contribution in [0.5, 0.6) is 11.5 Å². The number of rotatable bonds is 9. The van der Waals surface area contributed by atoms with Crippen molar-refractivity contribution in [2.24, 2.45) is 5.73 Å². The molecule has 0 spiro atoms. The van der Waals surface area contributed by atoms with Crippen LogP contribution in [0.25, 0.3) is 0 Å². The highest BCUT2D eigenvalue weighted by molar-refractivity contribution is 5.39. The summed E-state index contributed by atoms with van der Waals surface area (Å²) in [6, 6.07) is 7.72. The van der Waals surface area contributed by atoms with Crippen LogP contribution in [0.2, 0.25) is 0 Å². The first-order valence-electron chi connectivity index (χ1n) is 6.14. The second kappa shape index (κ2) is 8.84. The number of ether oxygens (including phenoxy) is 2. The van der Waals surface area contributed by atoms with E-state index in [9.17, 15) is 0 Å². The molecule has 17 heavy (non-hydrogen) atoms. The molecule has 0 fully saturated rings. The zero-order chi connectivity index (χ0) is 12.3. The summed E-state index contributed by atoms with van der Waals surface area (Å²) in [4.78, 5) is 0. The van der Waals surface area contributed by atoms with Crippen molar-refractivity contribution in [1.82, 2.24) is 5.32 Å². The third-order valence-corrected chi connectivity index (χ3v) is 2.24. The molecule has 0 saturated heterocycles. The van der Waals surface area contributed by atoms with Crippen molar-refractivity contribution in [3.63, 3.8) is 0 Å². The average Bonchev–Trinajstić information content (AvgIpc) is 2.36. The Bertz CT molecular complexity index is 305. The van der Waals surface area contributed by atoms with E-state index in [1.54, 1.807) is 0 Å². The Labute approximate surface area is 103 Å². The van der Waals surface area contributed by atoms with Gasteiger partial charge in [-0.25, -0.2) is 0 Å². The highest BCUT2D eigenvalue weighted by atomic mass is 16.5. The molecule has 96 valence electrons. The number of hydrogen-bond donors (Lipinski definition) is 2. The van der Waals surface area contributed by atoms with E-state index >= 15 is 0 Å². The van der Waals surface area contributed by atoms with E-state index < -0.39 is 0 Å². The molecule has 0 unspecified atom stereocenters. The van der Waals surface area contributed by atoms with Crippen molar-refractivity contribution >= 4 is 0 Å². The third-order valence-electron chi connectivity index (χ3n) is 2.24. The van der Waals surface area contributed by atoms with Gasteiger partial charge in [-0.1, -0.05) is 12.1 Å². The molecule has 0 aliphatic heterocycles. The summed E-state index contributed by atoms with van der Waals surface area (Å²) in [5.74, 6) is 1.60. The molecule has 1 rings (SSSR count). The number of nitrogens with one attached hydrogen (secondary N) is 1. The smallest absolute Gasteiger partial charge is 0.161 e. The van der Waals surface area contributed by atoms with Gasteiger partial charge in [0.25, 0.3) is 0 Å². The van der Waals surface area contributed by atoms with Crippen LogP contribution < -0.4 is 20.5 Å². The van der Waals surface area contributed by atoms with E-state index in [2.05, 4.69) is 5.32 Å². The molecule has 0 heterocycles. The molecule has 0 aliphatic carbocycles. The van der Waals surface area contributed by atoms with Crippen molar-refractivity contribution in [2.45, 2.75) is 13.3 Å². The van der Waals surface area contributed by atoms with Gasteiger partial charge in [0.1, 0.15) is 6.61 Å². The zero-order valence-electron chi connectivity index (χ0n) is 10.4. The van der Waals surface area contributed by atoms with Crippen LogP contribution in [0.15, 0.2) is 24.3 Å². The van der Waals surface area contributed by atoms with E-state index in [-0.39, 0.29) is 0 Å². The normalized spacial score (nSPS) is 10.2. The summed E-state index contributed by atoms with van der Waals surface area (Å²) in [7, 11) is 0. The topological polar surface area (TPSA) is 56.5 Å². The van der Waals surface area contributed by atoms with Crippen LogP contribution in [0.3, 0.4) is 0 Å². The molecule has 1 aromatic carbocycles. The fourth-order valence-corrected chi connectivity index (χ4v) is 1.43. The lowest BCUT2D eigenvalue weighted by Crippen LogP contribution is -2.23. The van der Waals surface area contributed by atoms with Gasteiger partial charge < -0.3 is 20.5 Å². The third kappa shape index (κ3) is 5.56. The molecule has 0 radical (unpaired) electrons. The van der Waals surface area contributed by atoms with Gasteiger partial charge in [0.2, 0.25) is 0 Å². The molecule has 3 N–H and O–H groups in total. The van der Waals surface area contributed by atoms with E-state index in [1.807, 2.05) is 31.2 Å². The summed E-state index contributed by atoms with van der Waals surface area (Å²) < 4.78 is 11.1. The quantitative estimate of drug-likeness (QED) is 0.639. The largest absolute Gasteiger partial charge is 0.490 e. The van der Waals surface area contributed by atoms with Crippen molar-refractivity contribution in [2.75, 3.05) is 32.8 Å². The Morgan fingerprint density at radius 2 is 1.82 bits per heavy atom. The summed E-state index contributed by atoms with van der Waals surface area (Å²) >= 11 is 0. The van der Waals surface area contributed by atoms with E-state index in [4.69, 9.17) is 15.2 Å². The molecule has 0 aliphatic rings. The van der Waals surface area contributed by atoms with Crippen LogP contribution in [-0.4, -0.2) is 32.8 Å². The van der Waals surface area contributed by atoms with Gasteiger partial charge in [-0.2, -0.15) is 0 Å². The molecule has 0 atom stereocenters. The fourth-order valence-electron chi connectivity index (χ4n) is 1.43. The van der Waals surface area contributed by atoms with Crippen LogP contribution in [-0.2, 0) is 0 Å². The van der Waals surface area contributed by atoms with Gasteiger partial charge in [0.05, 0.1) is 6.61 Å². The molecule has 0 aromatic heterocycles. The summed E-state index contributed by atoms with van der Waals surface area (Å²) in [5.41, 5.74) is 5.40. The number of nitrogens with two attached hydrogens (primary N) is 1. The minimum Gasteiger partial charge on any atom is -0.490 e. The Balaban J connectivity index is 2.25. The molecule has 4 nitrogen and oxygen atoms in total. The number of para-hydroxylation sites is 2. The molecular weight excluding hydrogens is 216 g/mol. The minimum atomic E-state index is 0.634. The van der Waals surface area contributed by atoms with Gasteiger partial charge in [-0.05, 0) is 38.6 Å². The predicted octanol–water partition coefficient (Wildman–Crippen LogP) is 1.40. The minimum absolute atomic E-state index is 0.634. The lowest BCUT2D eigenvalue weighted by atomic mass is 10.3.